The van der Waals surface area contributed by atoms with Gasteiger partial charge in [0, 0.05) is 25.9 Å². The molecule has 0 aliphatic heterocycles. The fourth-order valence-electron chi connectivity index (χ4n) is 1.46. The first-order valence-corrected chi connectivity index (χ1v) is 5.42. The summed E-state index contributed by atoms with van der Waals surface area (Å²) in [6.45, 7) is 3.36. The van der Waals surface area contributed by atoms with E-state index in [2.05, 4.69) is 10.3 Å². The molecule has 0 aromatic carbocycles. The molecule has 1 rings (SSSR count). The van der Waals surface area contributed by atoms with Gasteiger partial charge in [-0.15, -0.1) is 0 Å². The summed E-state index contributed by atoms with van der Waals surface area (Å²) in [5, 5.41) is 13.6. The molecule has 18 heavy (non-hydrogen) atoms. The molecule has 7 heteroatoms. The fourth-order valence-corrected chi connectivity index (χ4v) is 1.46. The van der Waals surface area contributed by atoms with Gasteiger partial charge in [0.1, 0.15) is 6.04 Å². The summed E-state index contributed by atoms with van der Waals surface area (Å²) in [7, 11) is 3.25. The van der Waals surface area contributed by atoms with Crippen molar-refractivity contribution in [2.75, 3.05) is 19.4 Å². The molecule has 7 nitrogen and oxygen atoms in total. The van der Waals surface area contributed by atoms with Crippen molar-refractivity contribution >= 4 is 17.4 Å². The molecule has 1 atom stereocenters. The average molecular weight is 252 g/mol. The van der Waals surface area contributed by atoms with Crippen LogP contribution in [-0.4, -0.2) is 40.9 Å². The zero-order chi connectivity index (χ0) is 13.9. The summed E-state index contributed by atoms with van der Waals surface area (Å²) < 4.78 is 0. The zero-order valence-corrected chi connectivity index (χ0v) is 10.8. The van der Waals surface area contributed by atoms with Gasteiger partial charge in [0.05, 0.1) is 4.92 Å². The van der Waals surface area contributed by atoms with Crippen LogP contribution in [0.5, 0.6) is 0 Å². The number of aromatic nitrogens is 1. The SMILES string of the molecule is Cc1ccc([N+](=O)[O-])c(NC(C)C(=O)N(C)C)n1. The second kappa shape index (κ2) is 5.44. The van der Waals surface area contributed by atoms with Gasteiger partial charge in [0.2, 0.25) is 11.7 Å². The Labute approximate surface area is 105 Å². The van der Waals surface area contributed by atoms with Gasteiger partial charge in [-0.2, -0.15) is 0 Å². The molecule has 1 amide bonds. The van der Waals surface area contributed by atoms with E-state index in [0.717, 1.165) is 0 Å². The minimum absolute atomic E-state index is 0.114. The third-order valence-electron chi connectivity index (χ3n) is 2.37. The third kappa shape index (κ3) is 3.16. The second-order valence-corrected chi connectivity index (χ2v) is 4.18. The van der Waals surface area contributed by atoms with E-state index in [9.17, 15) is 14.9 Å². The summed E-state index contributed by atoms with van der Waals surface area (Å²) in [5.41, 5.74) is 0.506. The van der Waals surface area contributed by atoms with Crippen LogP contribution in [0.15, 0.2) is 12.1 Å². The molecule has 1 unspecified atom stereocenters. The Morgan fingerprint density at radius 3 is 2.61 bits per heavy atom. The smallest absolute Gasteiger partial charge is 0.311 e. The number of nitro groups is 1. The van der Waals surface area contributed by atoms with Gasteiger partial charge in [-0.05, 0) is 19.9 Å². The Balaban J connectivity index is 2.99. The summed E-state index contributed by atoms with van der Waals surface area (Å²) >= 11 is 0. The molecule has 0 fully saturated rings. The molecule has 1 N–H and O–H groups in total. The van der Waals surface area contributed by atoms with Crippen molar-refractivity contribution < 1.29 is 9.72 Å². The minimum atomic E-state index is -0.576. The highest BCUT2D eigenvalue weighted by molar-refractivity contribution is 5.84. The number of likely N-dealkylation sites (N-methyl/N-ethyl adjacent to an activating group) is 1. The highest BCUT2D eigenvalue weighted by atomic mass is 16.6. The van der Waals surface area contributed by atoms with E-state index in [1.54, 1.807) is 34.0 Å². The summed E-state index contributed by atoms with van der Waals surface area (Å²) in [6, 6.07) is 2.35. The number of pyridine rings is 1. The van der Waals surface area contributed by atoms with Crippen molar-refractivity contribution in [3.63, 3.8) is 0 Å². The van der Waals surface area contributed by atoms with Gasteiger partial charge in [-0.1, -0.05) is 0 Å². The van der Waals surface area contributed by atoms with Gasteiger partial charge in [0.25, 0.3) is 0 Å². The van der Waals surface area contributed by atoms with Crippen molar-refractivity contribution in [1.29, 1.82) is 0 Å². The summed E-state index contributed by atoms with van der Waals surface area (Å²) in [4.78, 5) is 27.5. The predicted octanol–water partition coefficient (Wildman–Crippen LogP) is 1.19. The van der Waals surface area contributed by atoms with Crippen LogP contribution in [0.2, 0.25) is 0 Å². The molecule has 1 aromatic rings. The number of amides is 1. The topological polar surface area (TPSA) is 88.4 Å². The number of hydrogen-bond donors (Lipinski definition) is 1. The van der Waals surface area contributed by atoms with Crippen LogP contribution in [0.4, 0.5) is 11.5 Å². The van der Waals surface area contributed by atoms with Crippen LogP contribution in [-0.2, 0) is 4.79 Å². The zero-order valence-electron chi connectivity index (χ0n) is 10.8. The number of anilines is 1. The molecule has 0 bridgehead atoms. The van der Waals surface area contributed by atoms with Gasteiger partial charge in [0.15, 0.2) is 0 Å². The minimum Gasteiger partial charge on any atom is -0.353 e. The summed E-state index contributed by atoms with van der Waals surface area (Å²) in [5.74, 6) is -0.0599. The molecule has 1 aromatic heterocycles. The van der Waals surface area contributed by atoms with Crippen molar-refractivity contribution in [1.82, 2.24) is 9.88 Å². The Bertz CT molecular complexity index is 473. The quantitative estimate of drug-likeness (QED) is 0.642. The van der Waals surface area contributed by atoms with Crippen LogP contribution in [0.25, 0.3) is 0 Å². The maximum Gasteiger partial charge on any atom is 0.311 e. The lowest BCUT2D eigenvalue weighted by molar-refractivity contribution is -0.384. The molecule has 0 radical (unpaired) electrons. The first kappa shape index (κ1) is 13.9. The normalized spacial score (nSPS) is 11.8. The number of nitrogens with one attached hydrogen (secondary N) is 1. The van der Waals surface area contributed by atoms with E-state index in [-0.39, 0.29) is 17.4 Å². The first-order chi connectivity index (χ1) is 8.32. The average Bonchev–Trinajstić information content (AvgIpc) is 2.27. The first-order valence-electron chi connectivity index (χ1n) is 5.42. The monoisotopic (exact) mass is 252 g/mol. The fraction of sp³-hybridized carbons (Fsp3) is 0.455. The van der Waals surface area contributed by atoms with Crippen LogP contribution in [0.1, 0.15) is 12.6 Å². The van der Waals surface area contributed by atoms with Gasteiger partial charge in [-0.3, -0.25) is 14.9 Å². The molecular weight excluding hydrogens is 236 g/mol. The van der Waals surface area contributed by atoms with E-state index >= 15 is 0 Å². The van der Waals surface area contributed by atoms with Crippen molar-refractivity contribution in [3.05, 3.63) is 27.9 Å². The van der Waals surface area contributed by atoms with Crippen LogP contribution in [0, 0.1) is 17.0 Å². The third-order valence-corrected chi connectivity index (χ3v) is 2.37. The lowest BCUT2D eigenvalue weighted by Gasteiger charge is -2.18. The van der Waals surface area contributed by atoms with Gasteiger partial charge >= 0.3 is 5.69 Å². The van der Waals surface area contributed by atoms with E-state index in [4.69, 9.17) is 0 Å². The molecule has 0 saturated carbocycles. The van der Waals surface area contributed by atoms with E-state index in [1.807, 2.05) is 0 Å². The van der Waals surface area contributed by atoms with E-state index < -0.39 is 11.0 Å². The molecule has 0 saturated heterocycles. The Morgan fingerprint density at radius 1 is 1.50 bits per heavy atom. The highest BCUT2D eigenvalue weighted by Crippen LogP contribution is 2.22. The number of rotatable bonds is 4. The molecule has 98 valence electrons. The lowest BCUT2D eigenvalue weighted by atomic mass is 10.2. The number of nitrogens with zero attached hydrogens (tertiary/aromatic N) is 3. The van der Waals surface area contributed by atoms with Crippen molar-refractivity contribution in [3.8, 4) is 0 Å². The number of aryl methyl sites for hydroxylation is 1. The standard InChI is InChI=1S/C11H16N4O3/c1-7-5-6-9(15(17)18)10(12-7)13-8(2)11(16)14(3)4/h5-6,8H,1-4H3,(H,12,13). The van der Waals surface area contributed by atoms with Crippen molar-refractivity contribution in [2.24, 2.45) is 0 Å². The largest absolute Gasteiger partial charge is 0.353 e. The Kier molecular flexibility index (Phi) is 4.19. The molecule has 0 aliphatic carbocycles. The number of carbonyl (C=O) groups excluding carboxylic acids is 1. The van der Waals surface area contributed by atoms with E-state index in [1.165, 1.54) is 11.0 Å². The maximum atomic E-state index is 11.7. The van der Waals surface area contributed by atoms with Crippen LogP contribution < -0.4 is 5.32 Å². The van der Waals surface area contributed by atoms with Crippen LogP contribution in [0.3, 0.4) is 0 Å². The molecular formula is C11H16N4O3. The summed E-state index contributed by atoms with van der Waals surface area (Å²) in [6.07, 6.45) is 0. The molecule has 0 spiro atoms. The molecule has 1 heterocycles. The van der Waals surface area contributed by atoms with E-state index in [0.29, 0.717) is 5.69 Å². The van der Waals surface area contributed by atoms with Gasteiger partial charge in [-0.25, -0.2) is 4.98 Å². The lowest BCUT2D eigenvalue weighted by Crippen LogP contribution is -2.37. The van der Waals surface area contributed by atoms with Gasteiger partial charge < -0.3 is 10.2 Å². The predicted molar refractivity (Wildman–Crippen MR) is 67.4 cm³/mol. The Morgan fingerprint density at radius 2 is 2.11 bits per heavy atom. The number of hydrogen-bond acceptors (Lipinski definition) is 5. The van der Waals surface area contributed by atoms with Crippen molar-refractivity contribution in [2.45, 2.75) is 19.9 Å². The second-order valence-electron chi connectivity index (χ2n) is 4.18. The van der Waals surface area contributed by atoms with Crippen LogP contribution >= 0.6 is 0 Å². The maximum absolute atomic E-state index is 11.7. The highest BCUT2D eigenvalue weighted by Gasteiger charge is 2.21. The Hall–Kier alpha value is -2.18. The number of carbonyl (C=O) groups is 1. The molecule has 0 aliphatic rings.